The molecule has 3 heteroatoms. The van der Waals surface area contributed by atoms with Crippen molar-refractivity contribution in [2.24, 2.45) is 0 Å². The highest BCUT2D eigenvalue weighted by Crippen LogP contribution is 2.32. The van der Waals surface area contributed by atoms with Gasteiger partial charge in [0.2, 0.25) is 0 Å². The average molecular weight is 204 g/mol. The van der Waals surface area contributed by atoms with Gasteiger partial charge in [0.05, 0.1) is 6.10 Å². The SMILES string of the molecule is CC(CCO)S[C@H]1CCCC[C@@H]1O. The molecule has 1 saturated carbocycles. The van der Waals surface area contributed by atoms with Crippen LogP contribution in [0.15, 0.2) is 0 Å². The van der Waals surface area contributed by atoms with Gasteiger partial charge >= 0.3 is 0 Å². The fourth-order valence-electron chi connectivity index (χ4n) is 1.78. The number of rotatable bonds is 4. The first-order valence-corrected chi connectivity index (χ1v) is 6.12. The van der Waals surface area contributed by atoms with Gasteiger partial charge in [-0.15, -0.1) is 0 Å². The van der Waals surface area contributed by atoms with E-state index < -0.39 is 0 Å². The first kappa shape index (κ1) is 11.3. The monoisotopic (exact) mass is 204 g/mol. The molecule has 0 heterocycles. The second-order valence-electron chi connectivity index (χ2n) is 3.85. The van der Waals surface area contributed by atoms with Crippen molar-refractivity contribution in [2.45, 2.75) is 55.6 Å². The van der Waals surface area contributed by atoms with E-state index in [1.165, 1.54) is 12.8 Å². The molecule has 0 aromatic carbocycles. The standard InChI is InChI=1S/C10H20O2S/c1-8(6-7-11)13-10-5-3-2-4-9(10)12/h8-12H,2-7H2,1H3/t8?,9-,10-/m0/s1. The Balaban J connectivity index is 2.25. The summed E-state index contributed by atoms with van der Waals surface area (Å²) in [4.78, 5) is 0. The zero-order chi connectivity index (χ0) is 9.68. The molecular formula is C10H20O2S. The lowest BCUT2D eigenvalue weighted by Crippen LogP contribution is -2.28. The van der Waals surface area contributed by atoms with E-state index in [1.54, 1.807) is 0 Å². The largest absolute Gasteiger partial charge is 0.396 e. The van der Waals surface area contributed by atoms with Crippen LogP contribution >= 0.6 is 11.8 Å². The highest BCUT2D eigenvalue weighted by atomic mass is 32.2. The van der Waals surface area contributed by atoms with E-state index >= 15 is 0 Å². The number of thioether (sulfide) groups is 1. The molecule has 0 bridgehead atoms. The van der Waals surface area contributed by atoms with Crippen LogP contribution in [0.3, 0.4) is 0 Å². The molecule has 0 spiro atoms. The summed E-state index contributed by atoms with van der Waals surface area (Å²) in [7, 11) is 0. The third-order valence-electron chi connectivity index (χ3n) is 2.61. The van der Waals surface area contributed by atoms with Crippen LogP contribution < -0.4 is 0 Å². The van der Waals surface area contributed by atoms with E-state index in [4.69, 9.17) is 5.11 Å². The average Bonchev–Trinajstić information content (AvgIpc) is 2.09. The van der Waals surface area contributed by atoms with E-state index in [9.17, 15) is 5.11 Å². The van der Waals surface area contributed by atoms with Gasteiger partial charge in [0.15, 0.2) is 0 Å². The molecule has 13 heavy (non-hydrogen) atoms. The summed E-state index contributed by atoms with van der Waals surface area (Å²) in [6.45, 7) is 2.39. The van der Waals surface area contributed by atoms with E-state index in [0.29, 0.717) is 10.5 Å². The lowest BCUT2D eigenvalue weighted by atomic mass is 9.97. The molecular weight excluding hydrogens is 184 g/mol. The third kappa shape index (κ3) is 3.88. The molecule has 1 aliphatic carbocycles. The van der Waals surface area contributed by atoms with Crippen molar-refractivity contribution in [3.05, 3.63) is 0 Å². The van der Waals surface area contributed by atoms with Gasteiger partial charge in [-0.1, -0.05) is 19.8 Å². The van der Waals surface area contributed by atoms with E-state index in [-0.39, 0.29) is 12.7 Å². The molecule has 3 atom stereocenters. The molecule has 1 rings (SSSR count). The Bertz CT molecular complexity index is 141. The van der Waals surface area contributed by atoms with Gasteiger partial charge in [-0.05, 0) is 19.3 Å². The molecule has 1 unspecified atom stereocenters. The molecule has 2 N–H and O–H groups in total. The molecule has 0 radical (unpaired) electrons. The van der Waals surface area contributed by atoms with Gasteiger partial charge < -0.3 is 10.2 Å². The summed E-state index contributed by atoms with van der Waals surface area (Å²) in [5.41, 5.74) is 0. The second kappa shape index (κ2) is 5.89. The van der Waals surface area contributed by atoms with E-state index in [2.05, 4.69) is 6.92 Å². The number of aliphatic hydroxyl groups excluding tert-OH is 2. The van der Waals surface area contributed by atoms with Crippen molar-refractivity contribution in [1.29, 1.82) is 0 Å². The molecule has 1 fully saturated rings. The first-order chi connectivity index (χ1) is 6.24. The normalized spacial score (nSPS) is 31.6. The molecule has 78 valence electrons. The topological polar surface area (TPSA) is 40.5 Å². The Labute approximate surface area is 84.7 Å². The Hall–Kier alpha value is 0.270. The Morgan fingerprint density at radius 1 is 1.38 bits per heavy atom. The smallest absolute Gasteiger partial charge is 0.0658 e. The summed E-state index contributed by atoms with van der Waals surface area (Å²) >= 11 is 1.84. The van der Waals surface area contributed by atoms with Crippen molar-refractivity contribution in [3.8, 4) is 0 Å². The maximum Gasteiger partial charge on any atom is 0.0658 e. The van der Waals surface area contributed by atoms with Crippen LogP contribution in [0.25, 0.3) is 0 Å². The Kier molecular flexibility index (Phi) is 5.14. The minimum atomic E-state index is -0.111. The minimum Gasteiger partial charge on any atom is -0.396 e. The van der Waals surface area contributed by atoms with Crippen LogP contribution in [-0.2, 0) is 0 Å². The summed E-state index contributed by atoms with van der Waals surface area (Å²) in [5, 5.41) is 19.3. The fourth-order valence-corrected chi connectivity index (χ4v) is 3.24. The predicted octanol–water partition coefficient (Wildman–Crippen LogP) is 1.79. The molecule has 0 amide bonds. The van der Waals surface area contributed by atoms with Crippen LogP contribution in [0.4, 0.5) is 0 Å². The van der Waals surface area contributed by atoms with Crippen molar-refractivity contribution >= 4 is 11.8 Å². The maximum absolute atomic E-state index is 9.70. The molecule has 0 aromatic rings. The van der Waals surface area contributed by atoms with Crippen LogP contribution in [0.5, 0.6) is 0 Å². The lowest BCUT2D eigenvalue weighted by Gasteiger charge is -2.29. The Morgan fingerprint density at radius 3 is 2.69 bits per heavy atom. The zero-order valence-corrected chi connectivity index (χ0v) is 9.09. The van der Waals surface area contributed by atoms with E-state index in [1.807, 2.05) is 11.8 Å². The van der Waals surface area contributed by atoms with Crippen LogP contribution in [-0.4, -0.2) is 33.4 Å². The van der Waals surface area contributed by atoms with Crippen LogP contribution in [0, 0.1) is 0 Å². The van der Waals surface area contributed by atoms with Gasteiger partial charge in [-0.3, -0.25) is 0 Å². The maximum atomic E-state index is 9.70. The summed E-state index contributed by atoms with van der Waals surface area (Å²) < 4.78 is 0. The minimum absolute atomic E-state index is 0.111. The van der Waals surface area contributed by atoms with Crippen molar-refractivity contribution in [1.82, 2.24) is 0 Å². The van der Waals surface area contributed by atoms with E-state index in [0.717, 1.165) is 19.3 Å². The van der Waals surface area contributed by atoms with Gasteiger partial charge in [-0.2, -0.15) is 11.8 Å². The first-order valence-electron chi connectivity index (χ1n) is 5.18. The number of hydrogen-bond acceptors (Lipinski definition) is 3. The molecule has 0 saturated heterocycles. The quantitative estimate of drug-likeness (QED) is 0.733. The lowest BCUT2D eigenvalue weighted by molar-refractivity contribution is 0.136. The molecule has 0 aliphatic heterocycles. The van der Waals surface area contributed by atoms with Gasteiger partial charge in [-0.25, -0.2) is 0 Å². The van der Waals surface area contributed by atoms with Crippen LogP contribution in [0.2, 0.25) is 0 Å². The second-order valence-corrected chi connectivity index (χ2v) is 5.53. The van der Waals surface area contributed by atoms with Gasteiger partial charge in [0.1, 0.15) is 0 Å². The number of hydrogen-bond donors (Lipinski definition) is 2. The molecule has 0 aromatic heterocycles. The van der Waals surface area contributed by atoms with Gasteiger partial charge in [0, 0.05) is 17.1 Å². The van der Waals surface area contributed by atoms with Gasteiger partial charge in [0.25, 0.3) is 0 Å². The van der Waals surface area contributed by atoms with Crippen molar-refractivity contribution in [3.63, 3.8) is 0 Å². The fraction of sp³-hybridized carbons (Fsp3) is 1.00. The highest BCUT2D eigenvalue weighted by Gasteiger charge is 2.24. The number of aliphatic hydroxyl groups is 2. The Morgan fingerprint density at radius 2 is 2.08 bits per heavy atom. The third-order valence-corrected chi connectivity index (χ3v) is 4.21. The molecule has 2 nitrogen and oxygen atoms in total. The summed E-state index contributed by atoms with van der Waals surface area (Å²) in [6, 6.07) is 0. The van der Waals surface area contributed by atoms with Crippen LogP contribution in [0.1, 0.15) is 39.0 Å². The van der Waals surface area contributed by atoms with Crippen molar-refractivity contribution < 1.29 is 10.2 Å². The van der Waals surface area contributed by atoms with Crippen molar-refractivity contribution in [2.75, 3.05) is 6.61 Å². The summed E-state index contributed by atoms with van der Waals surface area (Å²) in [5.74, 6) is 0. The zero-order valence-electron chi connectivity index (χ0n) is 8.28. The highest BCUT2D eigenvalue weighted by molar-refractivity contribution is 8.00. The predicted molar refractivity (Wildman–Crippen MR) is 57.0 cm³/mol. The molecule has 1 aliphatic rings. The summed E-state index contributed by atoms with van der Waals surface area (Å²) in [6.07, 6.45) is 5.26.